The molecule has 7 nitrogen and oxygen atoms in total. The molecule has 1 amide bonds. The minimum atomic E-state index is -0.261. The van der Waals surface area contributed by atoms with Gasteiger partial charge in [-0.3, -0.25) is 19.1 Å². The maximum absolute atomic E-state index is 13.0. The Labute approximate surface area is 186 Å². The minimum absolute atomic E-state index is 0.132. The Balaban J connectivity index is 2.18. The molecule has 160 valence electrons. The molecule has 0 aromatic carbocycles. The fraction of sp³-hybridized carbons (Fsp3) is 0.524. The second-order valence-electron chi connectivity index (χ2n) is 7.33. The van der Waals surface area contributed by atoms with Gasteiger partial charge in [-0.15, -0.1) is 0 Å². The summed E-state index contributed by atoms with van der Waals surface area (Å²) in [5.74, 6) is 0.638. The predicted molar refractivity (Wildman–Crippen MR) is 124 cm³/mol. The van der Waals surface area contributed by atoms with Gasteiger partial charge < -0.3 is 9.64 Å². The number of nitriles is 1. The molecule has 0 radical (unpaired) electrons. The number of anilines is 1. The van der Waals surface area contributed by atoms with E-state index in [1.165, 1.54) is 16.7 Å². The number of ether oxygens (including phenoxy) is 1. The summed E-state index contributed by atoms with van der Waals surface area (Å²) in [6, 6.07) is 2.08. The lowest BCUT2D eigenvalue weighted by Crippen LogP contribution is -2.33. The Morgan fingerprint density at radius 3 is 2.57 bits per heavy atom. The predicted octanol–water partition coefficient (Wildman–Crippen LogP) is 2.89. The van der Waals surface area contributed by atoms with E-state index in [0.717, 1.165) is 43.7 Å². The largest absolute Gasteiger partial charge is 0.383 e. The van der Waals surface area contributed by atoms with Crippen molar-refractivity contribution in [1.82, 2.24) is 9.47 Å². The van der Waals surface area contributed by atoms with E-state index in [1.54, 1.807) is 18.6 Å². The quantitative estimate of drug-likeness (QED) is 0.471. The van der Waals surface area contributed by atoms with Crippen LogP contribution in [-0.4, -0.2) is 53.0 Å². The van der Waals surface area contributed by atoms with Crippen molar-refractivity contribution in [2.24, 2.45) is 0 Å². The number of hydrogen-bond donors (Lipinski definition) is 0. The first-order chi connectivity index (χ1) is 14.4. The highest BCUT2D eigenvalue weighted by atomic mass is 32.2. The maximum Gasteiger partial charge on any atom is 0.270 e. The molecule has 0 unspecified atom stereocenters. The molecule has 30 heavy (non-hydrogen) atoms. The number of carbonyl (C=O) groups is 1. The van der Waals surface area contributed by atoms with Crippen LogP contribution in [0.25, 0.3) is 6.08 Å². The third-order valence-electron chi connectivity index (χ3n) is 5.37. The number of pyridine rings is 1. The summed E-state index contributed by atoms with van der Waals surface area (Å²) in [4.78, 5) is 30.2. The van der Waals surface area contributed by atoms with Crippen LogP contribution < -0.4 is 10.5 Å². The third-order valence-corrected chi connectivity index (χ3v) is 6.75. The summed E-state index contributed by atoms with van der Waals surface area (Å²) in [5.41, 5.74) is 1.24. The molecule has 3 heterocycles. The summed E-state index contributed by atoms with van der Waals surface area (Å²) < 4.78 is 7.28. The lowest BCUT2D eigenvalue weighted by molar-refractivity contribution is -0.122. The van der Waals surface area contributed by atoms with Crippen molar-refractivity contribution in [3.05, 3.63) is 31.9 Å². The summed E-state index contributed by atoms with van der Waals surface area (Å²) >= 11 is 6.64. The molecule has 3 rings (SSSR count). The highest BCUT2D eigenvalue weighted by Crippen LogP contribution is 2.36. The van der Waals surface area contributed by atoms with Gasteiger partial charge in [-0.2, -0.15) is 5.26 Å². The van der Waals surface area contributed by atoms with Crippen molar-refractivity contribution in [3.63, 3.8) is 0 Å². The molecule has 9 heteroatoms. The summed E-state index contributed by atoms with van der Waals surface area (Å²) in [6.07, 6.45) is 4.69. The van der Waals surface area contributed by atoms with E-state index in [-0.39, 0.29) is 17.0 Å². The van der Waals surface area contributed by atoms with Crippen LogP contribution in [0.5, 0.6) is 0 Å². The van der Waals surface area contributed by atoms with Crippen LogP contribution in [0.4, 0.5) is 5.82 Å². The first-order valence-electron chi connectivity index (χ1n) is 10.1. The van der Waals surface area contributed by atoms with E-state index in [4.69, 9.17) is 17.0 Å². The summed E-state index contributed by atoms with van der Waals surface area (Å²) in [6.45, 7) is 6.82. The number of methoxy groups -OCH3 is 1. The van der Waals surface area contributed by atoms with E-state index >= 15 is 0 Å². The molecule has 1 aromatic rings. The van der Waals surface area contributed by atoms with Crippen LogP contribution in [0, 0.1) is 18.3 Å². The number of thioether (sulfide) groups is 1. The second-order valence-corrected chi connectivity index (χ2v) is 9.00. The highest BCUT2D eigenvalue weighted by Gasteiger charge is 2.33. The van der Waals surface area contributed by atoms with Crippen LogP contribution in [0.3, 0.4) is 0 Å². The molecule has 2 fully saturated rings. The Morgan fingerprint density at radius 1 is 1.27 bits per heavy atom. The molecule has 0 spiro atoms. The Morgan fingerprint density at radius 2 is 1.97 bits per heavy atom. The topological polar surface area (TPSA) is 78.6 Å². The zero-order valence-electron chi connectivity index (χ0n) is 17.6. The van der Waals surface area contributed by atoms with Gasteiger partial charge in [0.05, 0.1) is 18.1 Å². The van der Waals surface area contributed by atoms with Crippen LogP contribution in [0.1, 0.15) is 42.9 Å². The van der Waals surface area contributed by atoms with Gasteiger partial charge in [-0.25, -0.2) is 0 Å². The van der Waals surface area contributed by atoms with Gasteiger partial charge in [-0.1, -0.05) is 30.9 Å². The fourth-order valence-electron chi connectivity index (χ4n) is 3.85. The van der Waals surface area contributed by atoms with Gasteiger partial charge in [0, 0.05) is 32.3 Å². The van der Waals surface area contributed by atoms with Crippen molar-refractivity contribution in [1.29, 1.82) is 5.26 Å². The maximum atomic E-state index is 13.0. The number of aromatic nitrogens is 1. The van der Waals surface area contributed by atoms with Gasteiger partial charge in [-0.05, 0) is 37.8 Å². The van der Waals surface area contributed by atoms with Crippen LogP contribution in [0.2, 0.25) is 0 Å². The fourth-order valence-corrected chi connectivity index (χ4v) is 5.14. The zero-order chi connectivity index (χ0) is 21.8. The van der Waals surface area contributed by atoms with Crippen molar-refractivity contribution >= 4 is 46.1 Å². The molecule has 0 bridgehead atoms. The third kappa shape index (κ3) is 4.17. The number of rotatable bonds is 7. The molecule has 0 aliphatic carbocycles. The first kappa shape index (κ1) is 22.5. The molecule has 2 aliphatic rings. The van der Waals surface area contributed by atoms with Gasteiger partial charge in [0.1, 0.15) is 21.8 Å². The number of carbonyl (C=O) groups excluding carboxylic acids is 1. The van der Waals surface area contributed by atoms with E-state index < -0.39 is 0 Å². The molecule has 2 aliphatic heterocycles. The smallest absolute Gasteiger partial charge is 0.270 e. The normalized spacial score (nSPS) is 18.0. The van der Waals surface area contributed by atoms with Gasteiger partial charge >= 0.3 is 0 Å². The average Bonchev–Trinajstić information content (AvgIpc) is 3.34. The highest BCUT2D eigenvalue weighted by molar-refractivity contribution is 8.26. The molecule has 1 aromatic heterocycles. The number of thiocarbonyl (C=S) groups is 1. The lowest BCUT2D eigenvalue weighted by Gasteiger charge is -2.26. The summed E-state index contributed by atoms with van der Waals surface area (Å²) in [7, 11) is 1.58. The average molecular weight is 447 g/mol. The Hall–Kier alpha value is -2.15. The number of hydrogen-bond acceptors (Lipinski definition) is 7. The van der Waals surface area contributed by atoms with Gasteiger partial charge in [0.25, 0.3) is 11.5 Å². The molecule has 0 saturated carbocycles. The van der Waals surface area contributed by atoms with E-state index in [2.05, 4.69) is 11.0 Å². The Kier molecular flexibility index (Phi) is 7.34. The van der Waals surface area contributed by atoms with Crippen molar-refractivity contribution in [2.45, 2.75) is 39.7 Å². The Bertz CT molecular complexity index is 987. The zero-order valence-corrected chi connectivity index (χ0v) is 19.2. The standard InChI is InChI=1S/C21H26N4O3S2/c1-4-7-24-18(23-8-5-6-9-23)15(14(2)16(13-22)19(24)26)12-17-20(27)25(10-11-28-3)21(29)30-17/h12H,4-11H2,1-3H3/b17-12+. The van der Waals surface area contributed by atoms with E-state index in [1.807, 2.05) is 13.0 Å². The molecular formula is C21H26N4O3S2. The number of amides is 1. The van der Waals surface area contributed by atoms with Crippen LogP contribution >= 0.6 is 24.0 Å². The molecule has 0 atom stereocenters. The number of nitrogens with zero attached hydrogens (tertiary/aromatic N) is 4. The second kappa shape index (κ2) is 9.77. The molecule has 0 N–H and O–H groups in total. The van der Waals surface area contributed by atoms with Crippen molar-refractivity contribution in [3.8, 4) is 6.07 Å². The first-order valence-corrected chi connectivity index (χ1v) is 11.3. The molecule has 2 saturated heterocycles. The SMILES string of the molecule is CCCn1c(N2CCCC2)c(/C=C2/SC(=S)N(CCOC)C2=O)c(C)c(C#N)c1=O. The monoisotopic (exact) mass is 446 g/mol. The van der Waals surface area contributed by atoms with Gasteiger partial charge in [0.15, 0.2) is 0 Å². The molecular weight excluding hydrogens is 420 g/mol. The lowest BCUT2D eigenvalue weighted by atomic mass is 10.0. The van der Waals surface area contributed by atoms with Gasteiger partial charge in [0.2, 0.25) is 0 Å². The minimum Gasteiger partial charge on any atom is -0.383 e. The van der Waals surface area contributed by atoms with Crippen LogP contribution in [0.15, 0.2) is 9.70 Å². The summed E-state index contributed by atoms with van der Waals surface area (Å²) in [5, 5.41) is 9.65. The van der Waals surface area contributed by atoms with E-state index in [9.17, 15) is 14.9 Å². The van der Waals surface area contributed by atoms with Crippen molar-refractivity contribution in [2.75, 3.05) is 38.3 Å². The van der Waals surface area contributed by atoms with Crippen LogP contribution in [-0.2, 0) is 16.1 Å². The van der Waals surface area contributed by atoms with E-state index in [0.29, 0.717) is 34.5 Å². The van der Waals surface area contributed by atoms with Crippen molar-refractivity contribution < 1.29 is 9.53 Å².